The Hall–Kier alpha value is -3.24. The Kier molecular flexibility index (Phi) is 5.31. The van der Waals surface area contributed by atoms with Gasteiger partial charge in [-0.1, -0.05) is 42.1 Å². The van der Waals surface area contributed by atoms with E-state index in [0.29, 0.717) is 47.4 Å². The summed E-state index contributed by atoms with van der Waals surface area (Å²) in [7, 11) is 0. The largest absolute Gasteiger partial charge is 0.486 e. The van der Waals surface area contributed by atoms with E-state index in [4.69, 9.17) is 9.47 Å². The topological polar surface area (TPSA) is 84.2 Å². The van der Waals surface area contributed by atoms with Crippen molar-refractivity contribution in [1.82, 2.24) is 10.3 Å². The third kappa shape index (κ3) is 4.02. The maximum Gasteiger partial charge on any atom is 0.230 e. The number of ether oxygens (including phenoxy) is 2. The number of fused-ring (bicyclic) bond motifs is 2. The first-order chi connectivity index (χ1) is 13.7. The molecule has 6 nitrogen and oxygen atoms in total. The molecule has 1 aliphatic heterocycles. The lowest BCUT2D eigenvalue weighted by atomic mass is 10.1. The zero-order valence-electron chi connectivity index (χ0n) is 15.0. The van der Waals surface area contributed by atoms with Crippen molar-refractivity contribution in [2.45, 2.75) is 11.6 Å². The number of nitrogens with one attached hydrogen (secondary N) is 1. The second-order valence-electron chi connectivity index (χ2n) is 6.19. The van der Waals surface area contributed by atoms with Gasteiger partial charge in [0, 0.05) is 18.0 Å². The molecule has 0 fully saturated rings. The highest BCUT2D eigenvalue weighted by Gasteiger charge is 2.16. The van der Waals surface area contributed by atoms with E-state index < -0.39 is 0 Å². The third-order valence-corrected chi connectivity index (χ3v) is 5.23. The van der Waals surface area contributed by atoms with Crippen molar-refractivity contribution in [3.05, 3.63) is 59.7 Å². The first kappa shape index (κ1) is 18.1. The fourth-order valence-corrected chi connectivity index (χ4v) is 3.66. The summed E-state index contributed by atoms with van der Waals surface area (Å²) in [6.07, 6.45) is 0. The molecule has 1 amide bonds. The van der Waals surface area contributed by atoms with Gasteiger partial charge in [-0.15, -0.1) is 0 Å². The number of nitriles is 1. The number of hydrogen-bond donors (Lipinski definition) is 1. The highest BCUT2D eigenvalue weighted by atomic mass is 32.2. The molecule has 0 spiro atoms. The fraction of sp³-hybridized carbons (Fsp3) is 0.190. The summed E-state index contributed by atoms with van der Waals surface area (Å²) in [6.45, 7) is 1.47. The number of thioether (sulfide) groups is 1. The number of nitrogens with zero attached hydrogens (tertiary/aromatic N) is 2. The van der Waals surface area contributed by atoms with Gasteiger partial charge >= 0.3 is 0 Å². The molecule has 0 bridgehead atoms. The summed E-state index contributed by atoms with van der Waals surface area (Å²) in [5.74, 6) is 1.38. The van der Waals surface area contributed by atoms with Crippen LogP contribution in [0.25, 0.3) is 10.9 Å². The third-order valence-electron chi connectivity index (χ3n) is 4.24. The molecule has 0 aliphatic carbocycles. The van der Waals surface area contributed by atoms with E-state index in [9.17, 15) is 10.1 Å². The van der Waals surface area contributed by atoms with Crippen molar-refractivity contribution in [2.75, 3.05) is 19.0 Å². The van der Waals surface area contributed by atoms with Crippen LogP contribution in [0.15, 0.2) is 53.6 Å². The molecule has 2 aromatic carbocycles. The van der Waals surface area contributed by atoms with Crippen molar-refractivity contribution in [2.24, 2.45) is 0 Å². The standard InChI is InChI=1S/C21H17N3O3S/c22-11-16-8-15-9-18-19(27-7-6-26-18)10-17(15)24-21(16)28-13-20(25)23-12-14-4-2-1-3-5-14/h1-5,8-10H,6-7,12-13H2,(H,23,25). The number of pyridine rings is 1. The van der Waals surface area contributed by atoms with Gasteiger partial charge in [-0.05, 0) is 17.7 Å². The Morgan fingerprint density at radius 1 is 1.14 bits per heavy atom. The number of aromatic nitrogens is 1. The molecule has 0 atom stereocenters. The van der Waals surface area contributed by atoms with Gasteiger partial charge in [0.1, 0.15) is 24.3 Å². The zero-order valence-corrected chi connectivity index (χ0v) is 15.8. The average molecular weight is 391 g/mol. The minimum atomic E-state index is -0.109. The van der Waals surface area contributed by atoms with Crippen molar-refractivity contribution in [3.8, 4) is 17.6 Å². The van der Waals surface area contributed by atoms with Crippen LogP contribution < -0.4 is 14.8 Å². The number of hydrogen-bond acceptors (Lipinski definition) is 6. The van der Waals surface area contributed by atoms with E-state index in [0.717, 1.165) is 10.9 Å². The predicted octanol–water partition coefficient (Wildman–Crippen LogP) is 3.29. The Balaban J connectivity index is 1.48. The molecule has 3 aromatic rings. The molecule has 0 radical (unpaired) electrons. The van der Waals surface area contributed by atoms with Crippen LogP contribution >= 0.6 is 11.8 Å². The van der Waals surface area contributed by atoms with E-state index in [1.807, 2.05) is 42.5 Å². The van der Waals surface area contributed by atoms with Crippen LogP contribution in [0.5, 0.6) is 11.5 Å². The Bertz CT molecular complexity index is 1060. The fourth-order valence-electron chi connectivity index (χ4n) is 2.86. The quantitative estimate of drug-likeness (QED) is 0.672. The van der Waals surface area contributed by atoms with Gasteiger partial charge in [-0.25, -0.2) is 4.98 Å². The van der Waals surface area contributed by atoms with Crippen molar-refractivity contribution < 1.29 is 14.3 Å². The van der Waals surface area contributed by atoms with Gasteiger partial charge in [-0.2, -0.15) is 5.26 Å². The second-order valence-corrected chi connectivity index (χ2v) is 7.16. The Labute approximate surface area is 166 Å². The Morgan fingerprint density at radius 3 is 2.64 bits per heavy atom. The minimum Gasteiger partial charge on any atom is -0.486 e. The molecular formula is C21H17N3O3S. The smallest absolute Gasteiger partial charge is 0.230 e. The van der Waals surface area contributed by atoms with Crippen LogP contribution in [-0.2, 0) is 11.3 Å². The van der Waals surface area contributed by atoms with Crippen LogP contribution in [0.2, 0.25) is 0 Å². The summed E-state index contributed by atoms with van der Waals surface area (Å²) in [4.78, 5) is 16.7. The van der Waals surface area contributed by atoms with Crippen LogP contribution in [0, 0.1) is 11.3 Å². The summed E-state index contributed by atoms with van der Waals surface area (Å²) >= 11 is 1.25. The van der Waals surface area contributed by atoms with Crippen molar-refractivity contribution >= 4 is 28.6 Å². The lowest BCUT2D eigenvalue weighted by Crippen LogP contribution is -2.24. The SMILES string of the molecule is N#Cc1cc2cc3c(cc2nc1SCC(=O)NCc1ccccc1)OCCO3. The van der Waals surface area contributed by atoms with E-state index in [-0.39, 0.29) is 11.7 Å². The van der Waals surface area contributed by atoms with Gasteiger partial charge in [0.25, 0.3) is 0 Å². The molecule has 0 saturated carbocycles. The van der Waals surface area contributed by atoms with E-state index in [2.05, 4.69) is 16.4 Å². The maximum atomic E-state index is 12.2. The first-order valence-electron chi connectivity index (χ1n) is 8.81. The lowest BCUT2D eigenvalue weighted by Gasteiger charge is -2.18. The van der Waals surface area contributed by atoms with E-state index in [1.54, 1.807) is 6.07 Å². The Morgan fingerprint density at radius 2 is 1.89 bits per heavy atom. The van der Waals surface area contributed by atoms with Gasteiger partial charge in [0.2, 0.25) is 5.91 Å². The molecule has 1 aromatic heterocycles. The van der Waals surface area contributed by atoms with Gasteiger partial charge in [-0.3, -0.25) is 4.79 Å². The maximum absolute atomic E-state index is 12.2. The normalized spacial score (nSPS) is 12.4. The van der Waals surface area contributed by atoms with Crippen LogP contribution in [0.1, 0.15) is 11.1 Å². The highest BCUT2D eigenvalue weighted by molar-refractivity contribution is 8.00. The van der Waals surface area contributed by atoms with Gasteiger partial charge < -0.3 is 14.8 Å². The van der Waals surface area contributed by atoms with E-state index >= 15 is 0 Å². The molecule has 0 saturated heterocycles. The molecule has 1 aliphatic rings. The monoisotopic (exact) mass is 391 g/mol. The molecule has 4 rings (SSSR count). The molecule has 7 heteroatoms. The van der Waals surface area contributed by atoms with Crippen molar-refractivity contribution in [3.63, 3.8) is 0 Å². The van der Waals surface area contributed by atoms with Crippen LogP contribution in [0.4, 0.5) is 0 Å². The molecule has 0 unspecified atom stereocenters. The predicted molar refractivity (Wildman–Crippen MR) is 106 cm³/mol. The van der Waals surface area contributed by atoms with Crippen LogP contribution in [0.3, 0.4) is 0 Å². The van der Waals surface area contributed by atoms with Gasteiger partial charge in [0.15, 0.2) is 11.5 Å². The van der Waals surface area contributed by atoms with Crippen molar-refractivity contribution in [1.29, 1.82) is 5.26 Å². The second kappa shape index (κ2) is 8.19. The van der Waals surface area contributed by atoms with Crippen LogP contribution in [-0.4, -0.2) is 29.9 Å². The molecule has 140 valence electrons. The average Bonchev–Trinajstić information content (AvgIpc) is 2.74. The van der Waals surface area contributed by atoms with Gasteiger partial charge in [0.05, 0.1) is 16.8 Å². The molecule has 2 heterocycles. The van der Waals surface area contributed by atoms with E-state index in [1.165, 1.54) is 11.8 Å². The summed E-state index contributed by atoms with van der Waals surface area (Å²) in [6, 6.07) is 17.3. The summed E-state index contributed by atoms with van der Waals surface area (Å²) < 4.78 is 11.2. The lowest BCUT2D eigenvalue weighted by molar-refractivity contribution is -0.118. The zero-order chi connectivity index (χ0) is 19.3. The minimum absolute atomic E-state index is 0.109. The number of carbonyl (C=O) groups excluding carboxylic acids is 1. The molecule has 1 N–H and O–H groups in total. The number of amides is 1. The number of benzene rings is 2. The number of rotatable bonds is 5. The molecule has 28 heavy (non-hydrogen) atoms. The highest BCUT2D eigenvalue weighted by Crippen LogP contribution is 2.35. The number of carbonyl (C=O) groups is 1. The summed E-state index contributed by atoms with van der Waals surface area (Å²) in [5, 5.41) is 13.7. The summed E-state index contributed by atoms with van der Waals surface area (Å²) in [5.41, 5.74) is 2.18. The molecular weight excluding hydrogens is 374 g/mol. The first-order valence-corrected chi connectivity index (χ1v) is 9.79.